The van der Waals surface area contributed by atoms with E-state index < -0.39 is 0 Å². The van der Waals surface area contributed by atoms with E-state index in [9.17, 15) is 4.79 Å². The van der Waals surface area contributed by atoms with E-state index >= 15 is 0 Å². The number of likely N-dealkylation sites (tertiary alicyclic amines) is 1. The van der Waals surface area contributed by atoms with Crippen LogP contribution in [0.25, 0.3) is 0 Å². The second-order valence-electron chi connectivity index (χ2n) is 7.93. The average Bonchev–Trinajstić information content (AvgIpc) is 2.76. The number of ether oxygens (including phenoxy) is 3. The Bertz CT molecular complexity index is 704. The molecule has 29 heavy (non-hydrogen) atoms. The maximum atomic E-state index is 12.1. The van der Waals surface area contributed by atoms with E-state index in [-0.39, 0.29) is 30.5 Å². The van der Waals surface area contributed by atoms with E-state index in [0.29, 0.717) is 24.4 Å². The first-order valence-electron chi connectivity index (χ1n) is 10.7. The molecule has 0 aromatic carbocycles. The van der Waals surface area contributed by atoms with Gasteiger partial charge >= 0.3 is 6.09 Å². The lowest BCUT2D eigenvalue weighted by molar-refractivity contribution is -0.0658. The topological polar surface area (TPSA) is 84.7 Å². The van der Waals surface area contributed by atoms with Crippen LogP contribution in [0.2, 0.25) is 0 Å². The standard InChI is InChI=1S/C22H31N3O4/c1-3-16(2)27-22(26)25-12-9-20(10-13-25)28-18-4-6-19(7-5-18)29-21-8-11-24-15-17(21)14-23/h8,11,15-16,18-20H,3-7,9-10,12-13H2,1-2H3/t16-,18-,19-/m1/s1. The highest BCUT2D eigenvalue weighted by atomic mass is 16.6. The number of amides is 1. The molecule has 0 spiro atoms. The van der Waals surface area contributed by atoms with Gasteiger partial charge in [-0.2, -0.15) is 5.26 Å². The monoisotopic (exact) mass is 401 g/mol. The van der Waals surface area contributed by atoms with Gasteiger partial charge in [-0.15, -0.1) is 0 Å². The summed E-state index contributed by atoms with van der Waals surface area (Å²) in [5, 5.41) is 9.16. The number of carbonyl (C=O) groups excluding carboxylic acids is 1. The van der Waals surface area contributed by atoms with Gasteiger partial charge in [0.15, 0.2) is 0 Å². The van der Waals surface area contributed by atoms with Crippen molar-refractivity contribution in [1.29, 1.82) is 5.26 Å². The molecule has 158 valence electrons. The fourth-order valence-corrected chi connectivity index (χ4v) is 3.81. The predicted octanol–water partition coefficient (Wildman–Crippen LogP) is 4.06. The second-order valence-corrected chi connectivity index (χ2v) is 7.93. The Morgan fingerprint density at radius 3 is 2.52 bits per heavy atom. The molecule has 0 bridgehead atoms. The molecule has 2 fully saturated rings. The first kappa shape index (κ1) is 21.4. The van der Waals surface area contributed by atoms with Gasteiger partial charge in [-0.3, -0.25) is 4.98 Å². The Hall–Kier alpha value is -2.33. The molecule has 0 radical (unpaired) electrons. The van der Waals surface area contributed by atoms with Crippen molar-refractivity contribution in [2.24, 2.45) is 0 Å². The molecule has 1 atom stereocenters. The van der Waals surface area contributed by atoms with Crippen molar-refractivity contribution in [2.45, 2.75) is 83.2 Å². The third-order valence-corrected chi connectivity index (χ3v) is 5.78. The van der Waals surface area contributed by atoms with Gasteiger partial charge in [-0.1, -0.05) is 6.92 Å². The lowest BCUT2D eigenvalue weighted by atomic mass is 9.94. The molecule has 2 heterocycles. The van der Waals surface area contributed by atoms with Crippen molar-refractivity contribution >= 4 is 6.09 Å². The minimum atomic E-state index is -0.205. The number of hydrogen-bond donors (Lipinski definition) is 0. The molecule has 7 heteroatoms. The molecule has 1 aliphatic heterocycles. The van der Waals surface area contributed by atoms with Gasteiger partial charge in [0.1, 0.15) is 23.5 Å². The zero-order valence-electron chi connectivity index (χ0n) is 17.4. The molecular weight excluding hydrogens is 370 g/mol. The van der Waals surface area contributed by atoms with Crippen LogP contribution in [-0.2, 0) is 9.47 Å². The highest BCUT2D eigenvalue weighted by molar-refractivity contribution is 5.67. The van der Waals surface area contributed by atoms with Crippen molar-refractivity contribution in [3.8, 4) is 11.8 Å². The molecule has 1 aliphatic carbocycles. The van der Waals surface area contributed by atoms with Gasteiger partial charge in [0.2, 0.25) is 0 Å². The Labute approximate surface area is 172 Å². The molecule has 1 saturated heterocycles. The van der Waals surface area contributed by atoms with Gasteiger partial charge in [-0.05, 0) is 57.9 Å². The summed E-state index contributed by atoms with van der Waals surface area (Å²) >= 11 is 0. The first-order chi connectivity index (χ1) is 14.1. The summed E-state index contributed by atoms with van der Waals surface area (Å²) in [6.45, 7) is 5.32. The average molecular weight is 402 g/mol. The number of pyridine rings is 1. The number of hydrogen-bond acceptors (Lipinski definition) is 6. The molecule has 1 aromatic rings. The van der Waals surface area contributed by atoms with Crippen molar-refractivity contribution < 1.29 is 19.0 Å². The van der Waals surface area contributed by atoms with Crippen LogP contribution in [0.15, 0.2) is 18.5 Å². The molecule has 0 N–H and O–H groups in total. The summed E-state index contributed by atoms with van der Waals surface area (Å²) in [5.74, 6) is 0.614. The number of rotatable bonds is 6. The SMILES string of the molecule is CC[C@@H](C)OC(=O)N1CCC(O[C@H]2CC[C@H](Oc3ccncc3C#N)CC2)CC1. The number of piperidine rings is 1. The van der Waals surface area contributed by atoms with Gasteiger partial charge in [0.25, 0.3) is 0 Å². The third-order valence-electron chi connectivity index (χ3n) is 5.78. The summed E-state index contributed by atoms with van der Waals surface area (Å²) in [4.78, 5) is 17.9. The van der Waals surface area contributed by atoms with Crippen LogP contribution < -0.4 is 4.74 Å². The zero-order chi connectivity index (χ0) is 20.6. The summed E-state index contributed by atoms with van der Waals surface area (Å²) in [5.41, 5.74) is 0.476. The van der Waals surface area contributed by atoms with Crippen LogP contribution in [-0.4, -0.2) is 53.5 Å². The van der Waals surface area contributed by atoms with Crippen LogP contribution >= 0.6 is 0 Å². The molecule has 7 nitrogen and oxygen atoms in total. The third kappa shape index (κ3) is 6.07. The Balaban J connectivity index is 1.37. The smallest absolute Gasteiger partial charge is 0.410 e. The van der Waals surface area contributed by atoms with E-state index in [1.807, 2.05) is 13.8 Å². The summed E-state index contributed by atoms with van der Waals surface area (Å²) in [6.07, 6.45) is 9.78. The summed E-state index contributed by atoms with van der Waals surface area (Å²) in [6, 6.07) is 3.88. The van der Waals surface area contributed by atoms with Crippen molar-refractivity contribution in [1.82, 2.24) is 9.88 Å². The molecule has 0 unspecified atom stereocenters. The fourth-order valence-electron chi connectivity index (χ4n) is 3.81. The minimum absolute atomic E-state index is 0.0368. The molecular formula is C22H31N3O4. The fraction of sp³-hybridized carbons (Fsp3) is 0.682. The van der Waals surface area contributed by atoms with Gasteiger partial charge in [0.05, 0.1) is 18.3 Å². The highest BCUT2D eigenvalue weighted by Crippen LogP contribution is 2.29. The van der Waals surface area contributed by atoms with Gasteiger partial charge < -0.3 is 19.1 Å². The number of carbonyl (C=O) groups is 1. The lowest BCUT2D eigenvalue weighted by Gasteiger charge is -2.36. The Morgan fingerprint density at radius 1 is 1.21 bits per heavy atom. The number of aromatic nitrogens is 1. The Kier molecular flexibility index (Phi) is 7.70. The normalized spacial score (nSPS) is 23.8. The largest absolute Gasteiger partial charge is 0.489 e. The predicted molar refractivity (Wildman–Crippen MR) is 108 cm³/mol. The second kappa shape index (κ2) is 10.4. The van der Waals surface area contributed by atoms with E-state index in [4.69, 9.17) is 19.5 Å². The molecule has 1 aromatic heterocycles. The van der Waals surface area contributed by atoms with Crippen LogP contribution in [0.3, 0.4) is 0 Å². The van der Waals surface area contributed by atoms with Gasteiger partial charge in [-0.25, -0.2) is 4.79 Å². The molecule has 3 rings (SSSR count). The summed E-state index contributed by atoms with van der Waals surface area (Å²) in [7, 11) is 0. The van der Waals surface area contributed by atoms with E-state index in [1.54, 1.807) is 17.2 Å². The van der Waals surface area contributed by atoms with Crippen molar-refractivity contribution in [3.63, 3.8) is 0 Å². The number of nitrogens with zero attached hydrogens (tertiary/aromatic N) is 3. The zero-order valence-corrected chi connectivity index (χ0v) is 17.4. The first-order valence-corrected chi connectivity index (χ1v) is 10.7. The van der Waals surface area contributed by atoms with Crippen LogP contribution in [0.5, 0.6) is 5.75 Å². The van der Waals surface area contributed by atoms with Crippen LogP contribution in [0, 0.1) is 11.3 Å². The van der Waals surface area contributed by atoms with Crippen LogP contribution in [0.4, 0.5) is 4.79 Å². The highest BCUT2D eigenvalue weighted by Gasteiger charge is 2.29. The van der Waals surface area contributed by atoms with E-state index in [1.165, 1.54) is 6.20 Å². The van der Waals surface area contributed by atoms with Gasteiger partial charge in [0, 0.05) is 25.5 Å². The molecule has 1 saturated carbocycles. The van der Waals surface area contributed by atoms with E-state index in [0.717, 1.165) is 44.9 Å². The minimum Gasteiger partial charge on any atom is -0.489 e. The Morgan fingerprint density at radius 2 is 1.86 bits per heavy atom. The van der Waals surface area contributed by atoms with E-state index in [2.05, 4.69) is 11.1 Å². The lowest BCUT2D eigenvalue weighted by Crippen LogP contribution is -2.43. The quantitative estimate of drug-likeness (QED) is 0.715. The molecule has 1 amide bonds. The maximum absolute atomic E-state index is 12.1. The summed E-state index contributed by atoms with van der Waals surface area (Å²) < 4.78 is 17.7. The number of nitriles is 1. The maximum Gasteiger partial charge on any atom is 0.410 e. The van der Waals surface area contributed by atoms with Crippen LogP contribution in [0.1, 0.15) is 64.4 Å². The van der Waals surface area contributed by atoms with Crippen molar-refractivity contribution in [2.75, 3.05) is 13.1 Å². The molecule has 2 aliphatic rings. The van der Waals surface area contributed by atoms with Crippen molar-refractivity contribution in [3.05, 3.63) is 24.0 Å².